The van der Waals surface area contributed by atoms with Crippen molar-refractivity contribution in [2.45, 2.75) is 0 Å². The third-order valence-electron chi connectivity index (χ3n) is 4.60. The Bertz CT molecular complexity index is 1250. The Labute approximate surface area is 195 Å². The van der Waals surface area contributed by atoms with Crippen molar-refractivity contribution < 1.29 is 23.8 Å². The summed E-state index contributed by atoms with van der Waals surface area (Å²) in [5, 5.41) is 3.23. The van der Waals surface area contributed by atoms with Crippen LogP contribution >= 0.6 is 11.6 Å². The maximum atomic E-state index is 12.2. The first-order valence-corrected chi connectivity index (χ1v) is 10.3. The second-order valence-electron chi connectivity index (χ2n) is 6.96. The molecule has 0 saturated heterocycles. The molecule has 0 atom stereocenters. The van der Waals surface area contributed by atoms with Crippen molar-refractivity contribution in [1.82, 2.24) is 0 Å². The Balaban J connectivity index is 1.45. The highest BCUT2D eigenvalue weighted by Crippen LogP contribution is 2.30. The Morgan fingerprint density at radius 1 is 1.06 bits per heavy atom. The molecule has 3 aromatic carbocycles. The topological polar surface area (TPSA) is 86.2 Å². The monoisotopic (exact) mass is 462 g/mol. The molecule has 1 heterocycles. The lowest BCUT2D eigenvalue weighted by molar-refractivity contribution is -0.130. The molecule has 7 nitrogen and oxygen atoms in total. The van der Waals surface area contributed by atoms with Gasteiger partial charge in [-0.2, -0.15) is 0 Å². The molecular weight excluding hydrogens is 444 g/mol. The number of rotatable bonds is 7. The van der Waals surface area contributed by atoms with Gasteiger partial charge in [-0.3, -0.25) is 4.79 Å². The number of aliphatic imine (C=N–C) groups is 1. The third-order valence-corrected chi connectivity index (χ3v) is 4.83. The molecule has 0 saturated carbocycles. The number of esters is 1. The zero-order valence-corrected chi connectivity index (χ0v) is 18.3. The lowest BCUT2D eigenvalue weighted by Crippen LogP contribution is -2.20. The molecule has 0 bridgehead atoms. The molecule has 1 amide bonds. The van der Waals surface area contributed by atoms with Crippen LogP contribution in [0.25, 0.3) is 6.08 Å². The summed E-state index contributed by atoms with van der Waals surface area (Å²) >= 11 is 5.92. The molecule has 0 radical (unpaired) electrons. The van der Waals surface area contributed by atoms with Crippen LogP contribution in [0.15, 0.2) is 83.5 Å². The van der Waals surface area contributed by atoms with E-state index in [9.17, 15) is 9.59 Å². The van der Waals surface area contributed by atoms with Gasteiger partial charge in [-0.15, -0.1) is 0 Å². The van der Waals surface area contributed by atoms with Crippen LogP contribution in [-0.2, 0) is 14.3 Å². The largest absolute Gasteiger partial charge is 0.493 e. The van der Waals surface area contributed by atoms with E-state index in [0.29, 0.717) is 33.3 Å². The second-order valence-corrected chi connectivity index (χ2v) is 7.40. The summed E-state index contributed by atoms with van der Waals surface area (Å²) in [6.45, 7) is -0.222. The molecule has 3 aromatic rings. The van der Waals surface area contributed by atoms with Crippen LogP contribution < -0.4 is 14.8 Å². The highest BCUT2D eigenvalue weighted by atomic mass is 35.5. The van der Waals surface area contributed by atoms with E-state index >= 15 is 0 Å². The molecule has 4 rings (SSSR count). The van der Waals surface area contributed by atoms with Crippen molar-refractivity contribution in [2.24, 2.45) is 4.99 Å². The summed E-state index contributed by atoms with van der Waals surface area (Å²) in [6, 6.07) is 21.1. The van der Waals surface area contributed by atoms with Crippen LogP contribution in [0, 0.1) is 0 Å². The SMILES string of the molecule is COc1cc(/C=C2/N=C(c3ccccc3)OC2=O)ccc1OCC(=O)Nc1cccc(Cl)c1. The van der Waals surface area contributed by atoms with Crippen molar-refractivity contribution in [2.75, 3.05) is 19.0 Å². The van der Waals surface area contributed by atoms with E-state index in [1.165, 1.54) is 7.11 Å². The standard InChI is InChI=1S/C25H19ClN2O5/c1-31-22-13-16(12-20-25(30)33-24(28-20)17-6-3-2-4-7-17)10-11-21(22)32-15-23(29)27-19-9-5-8-18(26)14-19/h2-14H,15H2,1H3,(H,27,29)/b20-12+. The minimum atomic E-state index is -0.536. The zero-order chi connectivity index (χ0) is 23.2. The predicted octanol–water partition coefficient (Wildman–Crippen LogP) is 4.71. The molecule has 166 valence electrons. The number of methoxy groups -OCH3 is 1. The molecule has 1 aliphatic heterocycles. The van der Waals surface area contributed by atoms with E-state index in [4.69, 9.17) is 25.8 Å². The molecular formula is C25H19ClN2O5. The lowest BCUT2D eigenvalue weighted by atomic mass is 10.1. The van der Waals surface area contributed by atoms with E-state index in [-0.39, 0.29) is 24.1 Å². The summed E-state index contributed by atoms with van der Waals surface area (Å²) in [5.41, 5.74) is 2.12. The van der Waals surface area contributed by atoms with Gasteiger partial charge in [-0.25, -0.2) is 9.79 Å². The first kappa shape index (κ1) is 22.1. The fourth-order valence-corrected chi connectivity index (χ4v) is 3.26. The molecule has 0 aliphatic carbocycles. The smallest absolute Gasteiger partial charge is 0.363 e. The normalized spacial score (nSPS) is 13.9. The van der Waals surface area contributed by atoms with Gasteiger partial charge in [0.2, 0.25) is 5.90 Å². The highest BCUT2D eigenvalue weighted by molar-refractivity contribution is 6.30. The number of nitrogens with zero attached hydrogens (tertiary/aromatic N) is 1. The minimum absolute atomic E-state index is 0.172. The quantitative estimate of drug-likeness (QED) is 0.406. The summed E-state index contributed by atoms with van der Waals surface area (Å²) in [7, 11) is 1.49. The number of hydrogen-bond acceptors (Lipinski definition) is 6. The number of hydrogen-bond donors (Lipinski definition) is 1. The number of halogens is 1. The number of nitrogens with one attached hydrogen (secondary N) is 1. The van der Waals surface area contributed by atoms with Crippen molar-refractivity contribution in [1.29, 1.82) is 0 Å². The van der Waals surface area contributed by atoms with Gasteiger partial charge in [0.05, 0.1) is 7.11 Å². The number of benzene rings is 3. The van der Waals surface area contributed by atoms with Gasteiger partial charge in [0.1, 0.15) is 0 Å². The van der Waals surface area contributed by atoms with E-state index in [2.05, 4.69) is 10.3 Å². The maximum Gasteiger partial charge on any atom is 0.363 e. The molecule has 1 N–H and O–H groups in total. The van der Waals surface area contributed by atoms with Gasteiger partial charge in [0.15, 0.2) is 23.8 Å². The van der Waals surface area contributed by atoms with Gasteiger partial charge in [0.25, 0.3) is 5.91 Å². The summed E-state index contributed by atoms with van der Waals surface area (Å²) < 4.78 is 16.2. The molecule has 0 aromatic heterocycles. The Kier molecular flexibility index (Phi) is 6.71. The van der Waals surface area contributed by atoms with E-state index < -0.39 is 5.97 Å². The van der Waals surface area contributed by atoms with E-state index in [1.807, 2.05) is 30.3 Å². The number of cyclic esters (lactones) is 1. The Morgan fingerprint density at radius 3 is 2.64 bits per heavy atom. The maximum absolute atomic E-state index is 12.2. The number of carbonyl (C=O) groups excluding carboxylic acids is 2. The lowest BCUT2D eigenvalue weighted by Gasteiger charge is -2.11. The Morgan fingerprint density at radius 2 is 1.88 bits per heavy atom. The second kappa shape index (κ2) is 10.0. The van der Waals surface area contributed by atoms with Gasteiger partial charge in [-0.05, 0) is 54.1 Å². The molecule has 0 unspecified atom stereocenters. The molecule has 1 aliphatic rings. The number of anilines is 1. The summed E-state index contributed by atoms with van der Waals surface area (Å²) in [5.74, 6) is 0.152. The summed E-state index contributed by atoms with van der Waals surface area (Å²) in [4.78, 5) is 28.7. The van der Waals surface area contributed by atoms with Crippen molar-refractivity contribution >= 4 is 41.1 Å². The fraction of sp³-hybridized carbons (Fsp3) is 0.0800. The highest BCUT2D eigenvalue weighted by Gasteiger charge is 2.24. The molecule has 0 spiro atoms. The first-order valence-electron chi connectivity index (χ1n) is 9.96. The number of amides is 1. The van der Waals surface area contributed by atoms with Gasteiger partial charge >= 0.3 is 5.97 Å². The van der Waals surface area contributed by atoms with Crippen molar-refractivity contribution in [3.05, 3.63) is 94.6 Å². The zero-order valence-electron chi connectivity index (χ0n) is 17.6. The van der Waals surface area contributed by atoms with E-state index in [0.717, 1.165) is 0 Å². The van der Waals surface area contributed by atoms with Gasteiger partial charge in [0, 0.05) is 16.3 Å². The Hall–Kier alpha value is -4.10. The van der Waals surface area contributed by atoms with Crippen LogP contribution in [-0.4, -0.2) is 31.5 Å². The minimum Gasteiger partial charge on any atom is -0.493 e. The average Bonchev–Trinajstić information content (AvgIpc) is 3.18. The van der Waals surface area contributed by atoms with Gasteiger partial charge in [-0.1, -0.05) is 41.9 Å². The third kappa shape index (κ3) is 5.58. The van der Waals surface area contributed by atoms with Crippen LogP contribution in [0.1, 0.15) is 11.1 Å². The molecule has 8 heteroatoms. The van der Waals surface area contributed by atoms with Crippen molar-refractivity contribution in [3.8, 4) is 11.5 Å². The fourth-order valence-electron chi connectivity index (χ4n) is 3.07. The molecule has 0 fully saturated rings. The van der Waals surface area contributed by atoms with Crippen LogP contribution in [0.2, 0.25) is 5.02 Å². The van der Waals surface area contributed by atoms with Gasteiger partial charge < -0.3 is 19.5 Å². The van der Waals surface area contributed by atoms with E-state index in [1.54, 1.807) is 48.5 Å². The number of ether oxygens (including phenoxy) is 3. The molecule has 33 heavy (non-hydrogen) atoms. The van der Waals surface area contributed by atoms with Crippen LogP contribution in [0.5, 0.6) is 11.5 Å². The predicted molar refractivity (Wildman–Crippen MR) is 126 cm³/mol. The number of carbonyl (C=O) groups is 2. The van der Waals surface area contributed by atoms with Crippen LogP contribution in [0.3, 0.4) is 0 Å². The first-order chi connectivity index (χ1) is 16.0. The van der Waals surface area contributed by atoms with Crippen LogP contribution in [0.4, 0.5) is 5.69 Å². The average molecular weight is 463 g/mol. The summed E-state index contributed by atoms with van der Waals surface area (Å²) in [6.07, 6.45) is 1.59. The van der Waals surface area contributed by atoms with Crippen molar-refractivity contribution in [3.63, 3.8) is 0 Å².